The molecule has 0 amide bonds. The van der Waals surface area contributed by atoms with Crippen LogP contribution in [0, 0.1) is 17.0 Å². The van der Waals surface area contributed by atoms with Crippen molar-refractivity contribution in [3.8, 4) is 0 Å². The van der Waals surface area contributed by atoms with E-state index in [4.69, 9.17) is 0 Å². The molecule has 80 valence electrons. The van der Waals surface area contributed by atoms with Crippen molar-refractivity contribution in [2.75, 3.05) is 13.1 Å². The molecule has 0 aliphatic carbocycles. The average Bonchev–Trinajstić information content (AvgIpc) is 2.68. The number of rotatable bonds is 2. The summed E-state index contributed by atoms with van der Waals surface area (Å²) in [5.74, 6) is 0.316. The molecule has 0 saturated carbocycles. The Morgan fingerprint density at radius 3 is 2.60 bits per heavy atom. The third kappa shape index (κ3) is 2.09. The maximum atomic E-state index is 10.6. The predicted molar refractivity (Wildman–Crippen MR) is 57.1 cm³/mol. The summed E-state index contributed by atoms with van der Waals surface area (Å²) in [7, 11) is 0. The average molecular weight is 206 g/mol. The molecule has 1 aliphatic rings. The number of aryl methyl sites for hydroxylation is 1. The summed E-state index contributed by atoms with van der Waals surface area (Å²) < 4.78 is 0. The highest BCUT2D eigenvalue weighted by atomic mass is 16.7. The van der Waals surface area contributed by atoms with Gasteiger partial charge in [0.2, 0.25) is 0 Å². The van der Waals surface area contributed by atoms with Crippen LogP contribution in [0.15, 0.2) is 24.3 Å². The van der Waals surface area contributed by atoms with E-state index in [-0.39, 0.29) is 5.03 Å². The van der Waals surface area contributed by atoms with Gasteiger partial charge < -0.3 is 0 Å². The Labute approximate surface area is 88.6 Å². The van der Waals surface area contributed by atoms with Crippen LogP contribution in [0.4, 0.5) is 0 Å². The minimum atomic E-state index is -0.297. The zero-order valence-electron chi connectivity index (χ0n) is 8.72. The van der Waals surface area contributed by atoms with Crippen LogP contribution < -0.4 is 0 Å². The zero-order valence-corrected chi connectivity index (χ0v) is 8.72. The lowest BCUT2D eigenvalue weighted by molar-refractivity contribution is -0.651. The highest BCUT2D eigenvalue weighted by Crippen LogP contribution is 2.26. The second-order valence-electron chi connectivity index (χ2n) is 4.05. The molecule has 4 heteroatoms. The monoisotopic (exact) mass is 206 g/mol. The molecule has 1 heterocycles. The smallest absolute Gasteiger partial charge is 0.160 e. The second-order valence-corrected chi connectivity index (χ2v) is 4.05. The fourth-order valence-electron chi connectivity index (χ4n) is 2.00. The van der Waals surface area contributed by atoms with Crippen LogP contribution in [0.5, 0.6) is 0 Å². The number of nitrogens with zero attached hydrogens (tertiary/aromatic N) is 2. The fourth-order valence-corrected chi connectivity index (χ4v) is 2.00. The Morgan fingerprint density at radius 2 is 2.07 bits per heavy atom. The van der Waals surface area contributed by atoms with Crippen LogP contribution in [0.2, 0.25) is 0 Å². The molecular weight excluding hydrogens is 192 g/mol. The molecule has 0 radical (unpaired) electrons. The Bertz CT molecular complexity index is 361. The number of nitro groups is 1. The van der Waals surface area contributed by atoms with E-state index >= 15 is 0 Å². The maximum absolute atomic E-state index is 10.6. The zero-order chi connectivity index (χ0) is 10.8. The summed E-state index contributed by atoms with van der Waals surface area (Å²) in [5, 5.41) is 11.6. The lowest BCUT2D eigenvalue weighted by atomic mass is 9.98. The lowest BCUT2D eigenvalue weighted by Gasteiger charge is -2.09. The van der Waals surface area contributed by atoms with Crippen molar-refractivity contribution in [1.82, 2.24) is 5.01 Å². The minimum Gasteiger partial charge on any atom is -0.235 e. The molecule has 1 unspecified atom stereocenters. The first kappa shape index (κ1) is 9.96. The Morgan fingerprint density at radius 1 is 1.40 bits per heavy atom. The van der Waals surface area contributed by atoms with Crippen LogP contribution in [-0.4, -0.2) is 23.1 Å². The van der Waals surface area contributed by atoms with Gasteiger partial charge in [0, 0.05) is 5.92 Å². The number of hydrogen-bond acceptors (Lipinski definition) is 2. The van der Waals surface area contributed by atoms with Gasteiger partial charge in [0.15, 0.2) is 5.03 Å². The van der Waals surface area contributed by atoms with Gasteiger partial charge in [-0.3, -0.25) is 0 Å². The van der Waals surface area contributed by atoms with Gasteiger partial charge in [0.25, 0.3) is 0 Å². The Kier molecular flexibility index (Phi) is 2.58. The van der Waals surface area contributed by atoms with Crippen molar-refractivity contribution in [3.05, 3.63) is 45.5 Å². The van der Waals surface area contributed by atoms with Crippen molar-refractivity contribution in [3.63, 3.8) is 0 Å². The molecule has 1 aromatic rings. The maximum Gasteiger partial charge on any atom is 0.160 e. The first-order valence-corrected chi connectivity index (χ1v) is 5.12. The highest BCUT2D eigenvalue weighted by Gasteiger charge is 2.29. The molecule has 1 fully saturated rings. The van der Waals surface area contributed by atoms with E-state index in [1.54, 1.807) is 0 Å². The van der Waals surface area contributed by atoms with Crippen LogP contribution in [0.1, 0.15) is 23.5 Å². The van der Waals surface area contributed by atoms with Crippen molar-refractivity contribution in [1.29, 1.82) is 0 Å². The molecule has 0 aromatic heterocycles. The first-order chi connectivity index (χ1) is 7.16. The van der Waals surface area contributed by atoms with E-state index in [9.17, 15) is 10.1 Å². The molecule has 1 aromatic carbocycles. The topological polar surface area (TPSA) is 46.4 Å². The van der Waals surface area contributed by atoms with E-state index in [1.165, 1.54) is 16.1 Å². The van der Waals surface area contributed by atoms with Gasteiger partial charge in [-0.1, -0.05) is 29.8 Å². The molecule has 1 atom stereocenters. The second kappa shape index (κ2) is 3.88. The summed E-state index contributed by atoms with van der Waals surface area (Å²) in [6, 6.07) is 8.27. The van der Waals surface area contributed by atoms with E-state index in [1.807, 2.05) is 6.92 Å². The molecule has 2 rings (SSSR count). The third-order valence-corrected chi connectivity index (χ3v) is 2.95. The number of hydrazine groups is 1. The summed E-state index contributed by atoms with van der Waals surface area (Å²) in [5.41, 5.74) is 2.44. The summed E-state index contributed by atoms with van der Waals surface area (Å²) >= 11 is 0. The van der Waals surface area contributed by atoms with Crippen molar-refractivity contribution >= 4 is 0 Å². The number of hydrogen-bond donors (Lipinski definition) is 0. The summed E-state index contributed by atoms with van der Waals surface area (Å²) in [6.07, 6.45) is 0.879. The van der Waals surface area contributed by atoms with Gasteiger partial charge in [-0.15, -0.1) is 5.01 Å². The van der Waals surface area contributed by atoms with Gasteiger partial charge in [-0.2, -0.15) is 0 Å². The molecule has 4 nitrogen and oxygen atoms in total. The highest BCUT2D eigenvalue weighted by molar-refractivity contribution is 5.25. The van der Waals surface area contributed by atoms with Crippen LogP contribution >= 0.6 is 0 Å². The lowest BCUT2D eigenvalue weighted by Crippen LogP contribution is -2.26. The summed E-state index contributed by atoms with van der Waals surface area (Å²) in [4.78, 5) is 10.6. The first-order valence-electron chi connectivity index (χ1n) is 5.12. The van der Waals surface area contributed by atoms with Gasteiger partial charge in [0.05, 0.1) is 13.1 Å². The van der Waals surface area contributed by atoms with Gasteiger partial charge >= 0.3 is 0 Å². The van der Waals surface area contributed by atoms with E-state index in [2.05, 4.69) is 24.3 Å². The van der Waals surface area contributed by atoms with Crippen molar-refractivity contribution in [2.45, 2.75) is 19.3 Å². The number of benzene rings is 1. The Hall–Kier alpha value is -1.58. The molecule has 15 heavy (non-hydrogen) atoms. The van der Waals surface area contributed by atoms with Crippen LogP contribution in [0.3, 0.4) is 0 Å². The molecule has 0 spiro atoms. The molecule has 0 N–H and O–H groups in total. The quantitative estimate of drug-likeness (QED) is 0.549. The Balaban J connectivity index is 2.07. The van der Waals surface area contributed by atoms with Crippen molar-refractivity contribution in [2.24, 2.45) is 0 Å². The van der Waals surface area contributed by atoms with Gasteiger partial charge in [0.1, 0.15) is 0 Å². The largest absolute Gasteiger partial charge is 0.235 e. The standard InChI is InChI=1S/C11H14N2O2/c1-9-2-4-10(5-3-9)11-6-7-12(8-11)13(14)15/h2-5,11H,6-8H2,1H3. The molecule has 0 bridgehead atoms. The van der Waals surface area contributed by atoms with Gasteiger partial charge in [-0.25, -0.2) is 10.1 Å². The van der Waals surface area contributed by atoms with E-state index in [0.717, 1.165) is 6.42 Å². The minimum absolute atomic E-state index is 0.297. The SMILES string of the molecule is Cc1ccc(C2CCN([N+](=O)[O-])C2)cc1. The van der Waals surface area contributed by atoms with E-state index in [0.29, 0.717) is 19.0 Å². The molecule has 1 saturated heterocycles. The van der Waals surface area contributed by atoms with Gasteiger partial charge in [-0.05, 0) is 18.9 Å². The normalized spacial score (nSPS) is 20.6. The van der Waals surface area contributed by atoms with E-state index < -0.39 is 0 Å². The van der Waals surface area contributed by atoms with Crippen LogP contribution in [-0.2, 0) is 0 Å². The van der Waals surface area contributed by atoms with Crippen molar-refractivity contribution < 1.29 is 5.03 Å². The fraction of sp³-hybridized carbons (Fsp3) is 0.455. The molecular formula is C11H14N2O2. The molecule has 1 aliphatic heterocycles. The third-order valence-electron chi connectivity index (χ3n) is 2.95. The summed E-state index contributed by atoms with van der Waals surface area (Å²) in [6.45, 7) is 3.14. The van der Waals surface area contributed by atoms with Crippen LogP contribution in [0.25, 0.3) is 0 Å². The predicted octanol–water partition coefficient (Wildman–Crippen LogP) is 1.98.